The van der Waals surface area contributed by atoms with Gasteiger partial charge in [0.15, 0.2) is 0 Å². The summed E-state index contributed by atoms with van der Waals surface area (Å²) in [5, 5.41) is 14.4. The number of amides is 5. The Morgan fingerprint density at radius 2 is 1.02 bits per heavy atom. The molecule has 10 heteroatoms. The summed E-state index contributed by atoms with van der Waals surface area (Å²) in [6.45, 7) is 9.62. The summed E-state index contributed by atoms with van der Waals surface area (Å²) in [7, 11) is 0. The molecule has 0 bridgehead atoms. The van der Waals surface area contributed by atoms with Crippen molar-refractivity contribution < 1.29 is 24.0 Å². The van der Waals surface area contributed by atoms with E-state index in [1.165, 1.54) is 0 Å². The van der Waals surface area contributed by atoms with E-state index in [-0.39, 0.29) is 24.2 Å². The Bertz CT molecular complexity index is 1120. The Kier molecular flexibility index (Phi) is 13.7. The number of rotatable bonds is 9. The van der Waals surface area contributed by atoms with Gasteiger partial charge >= 0.3 is 0 Å². The Hall–Kier alpha value is -3.43. The molecule has 2 aliphatic rings. The van der Waals surface area contributed by atoms with Gasteiger partial charge in [0.2, 0.25) is 29.5 Å². The second-order valence-corrected chi connectivity index (χ2v) is 13.4. The van der Waals surface area contributed by atoms with E-state index in [4.69, 9.17) is 0 Å². The molecule has 2 fully saturated rings. The van der Waals surface area contributed by atoms with Crippen LogP contribution in [0, 0.1) is 17.8 Å². The van der Waals surface area contributed by atoms with Gasteiger partial charge in [-0.1, -0.05) is 97.1 Å². The molecule has 0 spiro atoms. The van der Waals surface area contributed by atoms with E-state index in [1.807, 2.05) is 58.0 Å². The zero-order chi connectivity index (χ0) is 32.2. The summed E-state index contributed by atoms with van der Waals surface area (Å²) in [5.74, 6) is -1.90. The van der Waals surface area contributed by atoms with E-state index in [2.05, 4.69) is 26.6 Å². The lowest BCUT2D eigenvalue weighted by atomic mass is 9.84. The number of benzene rings is 1. The van der Waals surface area contributed by atoms with Crippen LogP contribution in [0.5, 0.6) is 0 Å². The molecule has 1 aromatic carbocycles. The van der Waals surface area contributed by atoms with E-state index in [9.17, 15) is 24.0 Å². The highest BCUT2D eigenvalue weighted by molar-refractivity contribution is 5.98. The molecule has 1 aromatic rings. The van der Waals surface area contributed by atoms with Crippen molar-refractivity contribution in [3.8, 4) is 0 Å². The Morgan fingerprint density at radius 3 is 1.55 bits per heavy atom. The highest BCUT2D eigenvalue weighted by atomic mass is 16.2. The molecule has 1 saturated carbocycles. The van der Waals surface area contributed by atoms with E-state index in [0.717, 1.165) is 37.7 Å². The third kappa shape index (κ3) is 10.9. The topological polar surface area (TPSA) is 146 Å². The van der Waals surface area contributed by atoms with Crippen LogP contribution in [0.1, 0.15) is 98.0 Å². The second-order valence-electron chi connectivity index (χ2n) is 13.4. The molecule has 10 nitrogen and oxygen atoms in total. The minimum absolute atomic E-state index is 0.0707. The van der Waals surface area contributed by atoms with Gasteiger partial charge < -0.3 is 26.6 Å². The largest absolute Gasteiger partial charge is 0.343 e. The first kappa shape index (κ1) is 35.1. The first-order valence-electron chi connectivity index (χ1n) is 16.5. The summed E-state index contributed by atoms with van der Waals surface area (Å²) < 4.78 is 0. The maximum absolute atomic E-state index is 13.8. The van der Waals surface area contributed by atoms with Crippen LogP contribution in [0.25, 0.3) is 0 Å². The third-order valence-electron chi connectivity index (χ3n) is 8.56. The lowest BCUT2D eigenvalue weighted by Gasteiger charge is -2.29. The van der Waals surface area contributed by atoms with Gasteiger partial charge in [-0.2, -0.15) is 0 Å². The Labute approximate surface area is 262 Å². The average Bonchev–Trinajstić information content (AvgIpc) is 2.98. The molecule has 44 heavy (non-hydrogen) atoms. The number of nitrogens with one attached hydrogen (secondary N) is 5. The van der Waals surface area contributed by atoms with E-state index in [0.29, 0.717) is 25.7 Å². The molecule has 5 atom stereocenters. The van der Waals surface area contributed by atoms with Crippen LogP contribution in [0.2, 0.25) is 0 Å². The molecule has 5 amide bonds. The third-order valence-corrected chi connectivity index (χ3v) is 8.56. The molecule has 244 valence electrons. The van der Waals surface area contributed by atoms with Crippen LogP contribution in [-0.4, -0.2) is 59.7 Å². The van der Waals surface area contributed by atoms with Gasteiger partial charge in [-0.3, -0.25) is 24.0 Å². The molecule has 0 radical (unpaired) electrons. The number of hydrogen-bond acceptors (Lipinski definition) is 5. The van der Waals surface area contributed by atoms with Gasteiger partial charge in [-0.15, -0.1) is 0 Å². The molecule has 1 aliphatic heterocycles. The van der Waals surface area contributed by atoms with Gasteiger partial charge in [0.25, 0.3) is 0 Å². The van der Waals surface area contributed by atoms with Crippen molar-refractivity contribution in [3.63, 3.8) is 0 Å². The second kappa shape index (κ2) is 17.2. The normalized spacial score (nSPS) is 26.6. The van der Waals surface area contributed by atoms with Crippen molar-refractivity contribution in [3.05, 3.63) is 35.9 Å². The number of hydrogen-bond donors (Lipinski definition) is 5. The van der Waals surface area contributed by atoms with E-state index < -0.39 is 59.7 Å². The molecule has 1 heterocycles. The van der Waals surface area contributed by atoms with Gasteiger partial charge in [0.1, 0.15) is 30.2 Å². The molecule has 1 saturated heterocycles. The maximum Gasteiger partial charge on any atom is 0.243 e. The van der Waals surface area contributed by atoms with E-state index in [1.54, 1.807) is 6.92 Å². The van der Waals surface area contributed by atoms with Crippen LogP contribution >= 0.6 is 0 Å². The fraction of sp³-hybridized carbons (Fsp3) is 0.676. The van der Waals surface area contributed by atoms with Crippen molar-refractivity contribution in [2.75, 3.05) is 0 Å². The zero-order valence-corrected chi connectivity index (χ0v) is 27.1. The van der Waals surface area contributed by atoms with Crippen molar-refractivity contribution in [2.24, 2.45) is 17.8 Å². The van der Waals surface area contributed by atoms with Crippen molar-refractivity contribution in [2.45, 2.75) is 129 Å². The molecular formula is C34H53N5O5. The molecule has 0 aromatic heterocycles. The van der Waals surface area contributed by atoms with Gasteiger partial charge in [-0.05, 0) is 49.0 Å². The van der Waals surface area contributed by atoms with Crippen molar-refractivity contribution in [1.82, 2.24) is 26.6 Å². The summed E-state index contributed by atoms with van der Waals surface area (Å²) >= 11 is 0. The first-order valence-corrected chi connectivity index (χ1v) is 16.5. The standard InChI is InChI=1S/C34H53N5O5/c1-6-25-30(40)36-26(17-21(2)3)31(41)39-29(20-24-15-11-8-12-16-24)34(44)37-27(18-22(4)5)32(42)38-28(33(43)35-25)19-23-13-9-7-10-14-23/h8,11-12,15-16,21-23,25-29H,6-7,9-10,13-14,17-20H2,1-5H3,(H,35,43)(H,36,40)(H,37,44)(H,38,42)(H,39,41)/t25-,26+,27+,28+,29+/m1/s1. The van der Waals surface area contributed by atoms with Gasteiger partial charge in [0, 0.05) is 6.42 Å². The maximum atomic E-state index is 13.8. The van der Waals surface area contributed by atoms with Crippen LogP contribution in [0.3, 0.4) is 0 Å². The average molecular weight is 612 g/mol. The van der Waals surface area contributed by atoms with Gasteiger partial charge in [0.05, 0.1) is 0 Å². The lowest BCUT2D eigenvalue weighted by molar-refractivity contribution is -0.134. The highest BCUT2D eigenvalue weighted by Gasteiger charge is 2.35. The summed E-state index contributed by atoms with van der Waals surface area (Å²) in [4.78, 5) is 68.4. The zero-order valence-electron chi connectivity index (χ0n) is 27.1. The van der Waals surface area contributed by atoms with Crippen LogP contribution in [-0.2, 0) is 30.4 Å². The van der Waals surface area contributed by atoms with Crippen LogP contribution < -0.4 is 26.6 Å². The summed E-state index contributed by atoms with van der Waals surface area (Å²) in [6, 6.07) is 4.82. The summed E-state index contributed by atoms with van der Waals surface area (Å²) in [6.07, 6.45) is 6.98. The Balaban J connectivity index is 2.01. The minimum atomic E-state index is -0.983. The minimum Gasteiger partial charge on any atom is -0.343 e. The fourth-order valence-electron chi connectivity index (χ4n) is 6.17. The SMILES string of the molecule is CC[C@H]1NC(=O)[C@H](CC2CCCCC2)NC(=O)[C@H](CC(C)C)NC(=O)[C@H](Cc2ccccc2)NC(=O)[C@H](CC(C)C)NC1=O. The molecule has 1 aliphatic carbocycles. The van der Waals surface area contributed by atoms with Crippen molar-refractivity contribution >= 4 is 29.5 Å². The predicted molar refractivity (Wildman–Crippen MR) is 170 cm³/mol. The molecular weight excluding hydrogens is 558 g/mol. The van der Waals surface area contributed by atoms with Crippen LogP contribution in [0.15, 0.2) is 30.3 Å². The van der Waals surface area contributed by atoms with Crippen molar-refractivity contribution in [1.29, 1.82) is 0 Å². The van der Waals surface area contributed by atoms with E-state index >= 15 is 0 Å². The number of carbonyl (C=O) groups excluding carboxylic acids is 5. The summed E-state index contributed by atoms with van der Waals surface area (Å²) in [5.41, 5.74) is 0.841. The molecule has 3 rings (SSSR count). The monoisotopic (exact) mass is 611 g/mol. The van der Waals surface area contributed by atoms with Crippen LogP contribution in [0.4, 0.5) is 0 Å². The lowest BCUT2D eigenvalue weighted by Crippen LogP contribution is -2.58. The smallest absolute Gasteiger partial charge is 0.243 e. The quantitative estimate of drug-likeness (QED) is 0.291. The predicted octanol–water partition coefficient (Wildman–Crippen LogP) is 3.14. The Morgan fingerprint density at radius 1 is 0.591 bits per heavy atom. The molecule has 5 N–H and O–H groups in total. The molecule has 0 unspecified atom stereocenters. The fourth-order valence-corrected chi connectivity index (χ4v) is 6.17. The van der Waals surface area contributed by atoms with Gasteiger partial charge in [-0.25, -0.2) is 0 Å². The highest BCUT2D eigenvalue weighted by Crippen LogP contribution is 2.27. The number of carbonyl (C=O) groups is 5. The first-order chi connectivity index (χ1) is 21.0.